The maximum atomic E-state index is 2.74. The van der Waals surface area contributed by atoms with E-state index in [0.717, 1.165) is 6.04 Å². The second-order valence-electron chi connectivity index (χ2n) is 4.91. The molecular formula is C11H22N2S. The summed E-state index contributed by atoms with van der Waals surface area (Å²) in [4.78, 5) is 2.74. The van der Waals surface area contributed by atoms with Crippen LogP contribution in [-0.4, -0.2) is 46.7 Å². The number of hydrogen-bond acceptors (Lipinski definition) is 3. The first-order valence-electron chi connectivity index (χ1n) is 5.74. The minimum atomic E-state index is 0.539. The highest BCUT2D eigenvalue weighted by Gasteiger charge is 2.46. The van der Waals surface area contributed by atoms with Crippen molar-refractivity contribution < 1.29 is 0 Å². The van der Waals surface area contributed by atoms with E-state index >= 15 is 0 Å². The van der Waals surface area contributed by atoms with Crippen LogP contribution < -0.4 is 0 Å². The van der Waals surface area contributed by atoms with E-state index in [9.17, 15) is 0 Å². The van der Waals surface area contributed by atoms with E-state index < -0.39 is 0 Å². The van der Waals surface area contributed by atoms with E-state index in [1.165, 1.54) is 38.9 Å². The predicted octanol–water partition coefficient (Wildman–Crippen LogP) is 2.21. The van der Waals surface area contributed by atoms with E-state index in [0.29, 0.717) is 5.54 Å². The largest absolute Gasteiger partial charge is 0.294 e. The fourth-order valence-electron chi connectivity index (χ4n) is 3.18. The predicted molar refractivity (Wildman–Crippen MR) is 63.5 cm³/mol. The van der Waals surface area contributed by atoms with E-state index in [2.05, 4.69) is 29.3 Å². The van der Waals surface area contributed by atoms with E-state index in [4.69, 9.17) is 0 Å². The standard InChI is InChI=1S/C11H22N2S/c1-10(2)13-7-4-5-11(13)6-8-12(9-11)14-3/h10H,4-9H2,1-3H3. The second-order valence-corrected chi connectivity index (χ2v) is 5.79. The summed E-state index contributed by atoms with van der Waals surface area (Å²) < 4.78 is 2.53. The minimum Gasteiger partial charge on any atom is -0.294 e. The van der Waals surface area contributed by atoms with Crippen molar-refractivity contribution in [3.05, 3.63) is 0 Å². The van der Waals surface area contributed by atoms with Gasteiger partial charge in [0.2, 0.25) is 0 Å². The highest BCUT2D eigenvalue weighted by Crippen LogP contribution is 2.40. The van der Waals surface area contributed by atoms with Crippen molar-refractivity contribution in [1.29, 1.82) is 0 Å². The number of nitrogens with zero attached hydrogens (tertiary/aromatic N) is 2. The summed E-state index contributed by atoms with van der Waals surface area (Å²) in [5.41, 5.74) is 0.539. The lowest BCUT2D eigenvalue weighted by Crippen LogP contribution is -2.48. The third-order valence-electron chi connectivity index (χ3n) is 3.83. The first-order valence-corrected chi connectivity index (χ1v) is 6.92. The molecule has 2 rings (SSSR count). The van der Waals surface area contributed by atoms with Crippen LogP contribution in [0.1, 0.15) is 33.1 Å². The molecule has 1 spiro atoms. The van der Waals surface area contributed by atoms with Gasteiger partial charge in [-0.25, -0.2) is 4.31 Å². The Kier molecular flexibility index (Phi) is 3.10. The Morgan fingerprint density at radius 3 is 2.57 bits per heavy atom. The van der Waals surface area contributed by atoms with Crippen molar-refractivity contribution in [3.63, 3.8) is 0 Å². The smallest absolute Gasteiger partial charge is 0.0361 e. The Bertz CT molecular complexity index is 207. The third kappa shape index (κ3) is 1.70. The molecule has 14 heavy (non-hydrogen) atoms. The summed E-state index contributed by atoms with van der Waals surface area (Å²) in [6.07, 6.45) is 6.41. The molecule has 0 aromatic heterocycles. The molecule has 2 aliphatic heterocycles. The van der Waals surface area contributed by atoms with Crippen LogP contribution in [0.5, 0.6) is 0 Å². The van der Waals surface area contributed by atoms with Gasteiger partial charge in [-0.1, -0.05) is 11.9 Å². The highest BCUT2D eigenvalue weighted by molar-refractivity contribution is 7.96. The SMILES string of the molecule is CSN1CCC2(CCCN2C(C)C)C1. The molecule has 0 aromatic carbocycles. The summed E-state index contributed by atoms with van der Waals surface area (Å²) in [7, 11) is 0. The molecule has 0 aliphatic carbocycles. The van der Waals surface area contributed by atoms with Crippen molar-refractivity contribution in [2.45, 2.75) is 44.7 Å². The van der Waals surface area contributed by atoms with Gasteiger partial charge in [-0.05, 0) is 45.9 Å². The molecule has 3 heteroatoms. The van der Waals surface area contributed by atoms with Crippen LogP contribution in [0.25, 0.3) is 0 Å². The molecule has 1 unspecified atom stereocenters. The zero-order chi connectivity index (χ0) is 10.2. The number of rotatable bonds is 2. The molecule has 0 saturated carbocycles. The summed E-state index contributed by atoms with van der Waals surface area (Å²) in [6, 6.07) is 0.722. The molecule has 0 amide bonds. The van der Waals surface area contributed by atoms with E-state index in [1.54, 1.807) is 0 Å². The fourth-order valence-corrected chi connectivity index (χ4v) is 3.82. The van der Waals surface area contributed by atoms with Crippen molar-refractivity contribution in [2.75, 3.05) is 25.9 Å². The first kappa shape index (κ1) is 10.8. The van der Waals surface area contributed by atoms with Crippen LogP contribution >= 0.6 is 11.9 Å². The molecule has 2 fully saturated rings. The average Bonchev–Trinajstić information content (AvgIpc) is 2.74. The zero-order valence-electron chi connectivity index (χ0n) is 9.62. The Morgan fingerprint density at radius 1 is 1.21 bits per heavy atom. The molecule has 0 radical (unpaired) electrons. The van der Waals surface area contributed by atoms with Gasteiger partial charge in [0.1, 0.15) is 0 Å². The van der Waals surface area contributed by atoms with Crippen LogP contribution in [0.15, 0.2) is 0 Å². The van der Waals surface area contributed by atoms with E-state index in [-0.39, 0.29) is 0 Å². The average molecular weight is 214 g/mol. The monoisotopic (exact) mass is 214 g/mol. The van der Waals surface area contributed by atoms with E-state index in [1.807, 2.05) is 11.9 Å². The fraction of sp³-hybridized carbons (Fsp3) is 1.00. The van der Waals surface area contributed by atoms with Crippen molar-refractivity contribution in [2.24, 2.45) is 0 Å². The van der Waals surface area contributed by atoms with Gasteiger partial charge in [-0.15, -0.1) is 0 Å². The molecular weight excluding hydrogens is 192 g/mol. The van der Waals surface area contributed by atoms with Gasteiger partial charge in [0.15, 0.2) is 0 Å². The lowest BCUT2D eigenvalue weighted by Gasteiger charge is -2.38. The molecule has 2 aliphatic rings. The first-order chi connectivity index (χ1) is 6.68. The molecule has 0 bridgehead atoms. The molecule has 0 aromatic rings. The van der Waals surface area contributed by atoms with Gasteiger partial charge in [0.25, 0.3) is 0 Å². The highest BCUT2D eigenvalue weighted by atomic mass is 32.2. The van der Waals surface area contributed by atoms with Gasteiger partial charge in [0, 0.05) is 24.7 Å². The topological polar surface area (TPSA) is 6.48 Å². The zero-order valence-corrected chi connectivity index (χ0v) is 10.4. The second kappa shape index (κ2) is 4.03. The van der Waals surface area contributed by atoms with Crippen molar-refractivity contribution in [3.8, 4) is 0 Å². The van der Waals surface area contributed by atoms with Crippen LogP contribution in [0, 0.1) is 0 Å². The Balaban J connectivity index is 2.08. The van der Waals surface area contributed by atoms with Crippen LogP contribution in [-0.2, 0) is 0 Å². The van der Waals surface area contributed by atoms with Gasteiger partial charge in [-0.3, -0.25) is 4.90 Å². The Morgan fingerprint density at radius 2 is 2.00 bits per heavy atom. The van der Waals surface area contributed by atoms with Crippen molar-refractivity contribution in [1.82, 2.24) is 9.21 Å². The van der Waals surface area contributed by atoms with Gasteiger partial charge >= 0.3 is 0 Å². The van der Waals surface area contributed by atoms with Crippen molar-refractivity contribution >= 4 is 11.9 Å². The molecule has 0 N–H and O–H groups in total. The normalized spacial score (nSPS) is 35.1. The van der Waals surface area contributed by atoms with Gasteiger partial charge in [-0.2, -0.15) is 0 Å². The lowest BCUT2D eigenvalue weighted by molar-refractivity contribution is 0.114. The summed E-state index contributed by atoms with van der Waals surface area (Å²) >= 11 is 1.91. The number of hydrogen-bond donors (Lipinski definition) is 0. The summed E-state index contributed by atoms with van der Waals surface area (Å²) in [6.45, 7) is 8.57. The molecule has 2 nitrogen and oxygen atoms in total. The summed E-state index contributed by atoms with van der Waals surface area (Å²) in [5, 5.41) is 0. The quantitative estimate of drug-likeness (QED) is 0.651. The summed E-state index contributed by atoms with van der Waals surface area (Å²) in [5.74, 6) is 0. The van der Waals surface area contributed by atoms with Crippen LogP contribution in [0.3, 0.4) is 0 Å². The molecule has 2 heterocycles. The molecule has 1 atom stereocenters. The van der Waals surface area contributed by atoms with Crippen LogP contribution in [0.2, 0.25) is 0 Å². The van der Waals surface area contributed by atoms with Crippen LogP contribution in [0.4, 0.5) is 0 Å². The van der Waals surface area contributed by atoms with Gasteiger partial charge < -0.3 is 0 Å². The molecule has 2 saturated heterocycles. The minimum absolute atomic E-state index is 0.539. The maximum Gasteiger partial charge on any atom is 0.0361 e. The molecule has 82 valence electrons. The number of likely N-dealkylation sites (tertiary alicyclic amines) is 1. The Hall–Kier alpha value is 0.270. The Labute approximate surface area is 92.2 Å². The maximum absolute atomic E-state index is 2.74. The lowest BCUT2D eigenvalue weighted by atomic mass is 9.94. The van der Waals surface area contributed by atoms with Gasteiger partial charge in [0.05, 0.1) is 0 Å². The third-order valence-corrected chi connectivity index (χ3v) is 4.66.